The molecule has 0 aliphatic heterocycles. The largest absolute Gasteiger partial charge is 0.399 e. The summed E-state index contributed by atoms with van der Waals surface area (Å²) in [5.74, 6) is 0.192. The zero-order chi connectivity index (χ0) is 16.6. The zero-order valence-corrected chi connectivity index (χ0v) is 13.8. The van der Waals surface area contributed by atoms with Crippen molar-refractivity contribution in [2.45, 2.75) is 27.2 Å². The molecule has 0 unspecified atom stereocenters. The quantitative estimate of drug-likeness (QED) is 0.524. The first-order valence-corrected chi connectivity index (χ1v) is 7.94. The molecule has 1 heterocycles. The number of aromatic amines is 1. The van der Waals surface area contributed by atoms with Gasteiger partial charge < -0.3 is 10.7 Å². The van der Waals surface area contributed by atoms with Crippen molar-refractivity contribution in [1.29, 1.82) is 0 Å². The van der Waals surface area contributed by atoms with E-state index in [1.54, 1.807) is 0 Å². The van der Waals surface area contributed by atoms with E-state index in [-0.39, 0.29) is 11.2 Å². The normalized spacial score (nSPS) is 11.8. The van der Waals surface area contributed by atoms with Crippen LogP contribution in [0.1, 0.15) is 37.6 Å². The molecule has 3 aromatic rings. The van der Waals surface area contributed by atoms with Gasteiger partial charge in [0.2, 0.25) is 0 Å². The van der Waals surface area contributed by atoms with Crippen LogP contribution in [0.3, 0.4) is 0 Å². The van der Waals surface area contributed by atoms with Crippen molar-refractivity contribution in [2.24, 2.45) is 5.41 Å². The smallest absolute Gasteiger partial charge is 0.168 e. The van der Waals surface area contributed by atoms with E-state index in [4.69, 9.17) is 5.73 Å². The van der Waals surface area contributed by atoms with Crippen LogP contribution in [0.4, 0.5) is 5.69 Å². The first-order chi connectivity index (χ1) is 10.9. The second-order valence-electron chi connectivity index (χ2n) is 6.67. The van der Waals surface area contributed by atoms with E-state index in [2.05, 4.69) is 11.1 Å². The molecule has 3 N–H and O–H groups in total. The molecule has 3 heteroatoms. The van der Waals surface area contributed by atoms with Crippen LogP contribution < -0.4 is 5.73 Å². The molecule has 3 rings (SSSR count). The van der Waals surface area contributed by atoms with Gasteiger partial charge in [-0.3, -0.25) is 4.79 Å². The molecule has 0 aliphatic rings. The summed E-state index contributed by atoms with van der Waals surface area (Å²) < 4.78 is 0. The third-order valence-electron chi connectivity index (χ3n) is 4.60. The Morgan fingerprint density at radius 3 is 2.43 bits per heavy atom. The summed E-state index contributed by atoms with van der Waals surface area (Å²) in [6.45, 7) is 6.04. The van der Waals surface area contributed by atoms with Crippen LogP contribution in [-0.2, 0) is 0 Å². The summed E-state index contributed by atoms with van der Waals surface area (Å²) in [7, 11) is 0. The molecular formula is C20H22N2O. The van der Waals surface area contributed by atoms with E-state index in [0.29, 0.717) is 0 Å². The molecule has 0 amide bonds. The number of carbonyl (C=O) groups excluding carboxylic acids is 1. The molecule has 0 radical (unpaired) electrons. The fraction of sp³-hybridized carbons (Fsp3) is 0.250. The molecule has 23 heavy (non-hydrogen) atoms. The first kappa shape index (κ1) is 15.3. The SMILES string of the molecule is CCC(C)(C)C(=O)c1ccc2[nH]c(-c3ccc(N)cc3)cc2c1. The van der Waals surface area contributed by atoms with E-state index in [0.717, 1.165) is 39.8 Å². The van der Waals surface area contributed by atoms with Crippen molar-refractivity contribution in [3.63, 3.8) is 0 Å². The Morgan fingerprint density at radius 1 is 1.09 bits per heavy atom. The van der Waals surface area contributed by atoms with E-state index in [1.807, 2.05) is 63.2 Å². The van der Waals surface area contributed by atoms with E-state index in [9.17, 15) is 4.79 Å². The monoisotopic (exact) mass is 306 g/mol. The summed E-state index contributed by atoms with van der Waals surface area (Å²) >= 11 is 0. The van der Waals surface area contributed by atoms with E-state index < -0.39 is 0 Å². The Bertz CT molecular complexity index is 857. The maximum absolute atomic E-state index is 12.6. The molecular weight excluding hydrogens is 284 g/mol. The molecule has 0 aliphatic carbocycles. The minimum atomic E-state index is -0.330. The van der Waals surface area contributed by atoms with Gasteiger partial charge in [0.15, 0.2) is 5.78 Å². The number of fused-ring (bicyclic) bond motifs is 1. The minimum absolute atomic E-state index is 0.192. The number of H-pyrrole nitrogens is 1. The molecule has 0 fully saturated rings. The number of hydrogen-bond donors (Lipinski definition) is 2. The van der Waals surface area contributed by atoms with Crippen molar-refractivity contribution in [1.82, 2.24) is 4.98 Å². The van der Waals surface area contributed by atoms with Crippen molar-refractivity contribution >= 4 is 22.4 Å². The summed E-state index contributed by atoms with van der Waals surface area (Å²) in [5.41, 5.74) is 10.1. The predicted molar refractivity (Wildman–Crippen MR) is 96.5 cm³/mol. The highest BCUT2D eigenvalue weighted by Gasteiger charge is 2.26. The Kier molecular flexibility index (Phi) is 3.72. The molecule has 0 saturated carbocycles. The highest BCUT2D eigenvalue weighted by molar-refractivity contribution is 6.03. The molecule has 118 valence electrons. The lowest BCUT2D eigenvalue weighted by Gasteiger charge is -2.20. The summed E-state index contributed by atoms with van der Waals surface area (Å²) in [5, 5.41) is 1.05. The van der Waals surface area contributed by atoms with Gasteiger partial charge in [0.25, 0.3) is 0 Å². The van der Waals surface area contributed by atoms with Crippen molar-refractivity contribution in [3.05, 3.63) is 54.1 Å². The number of benzene rings is 2. The topological polar surface area (TPSA) is 58.9 Å². The maximum atomic E-state index is 12.6. The van der Waals surface area contributed by atoms with Gasteiger partial charge in [-0.05, 0) is 48.4 Å². The number of hydrogen-bond acceptors (Lipinski definition) is 2. The van der Waals surface area contributed by atoms with Gasteiger partial charge in [-0.2, -0.15) is 0 Å². The van der Waals surface area contributed by atoms with Crippen LogP contribution in [0.5, 0.6) is 0 Å². The van der Waals surface area contributed by atoms with Gasteiger partial charge in [-0.15, -0.1) is 0 Å². The number of nitrogen functional groups attached to an aromatic ring is 1. The van der Waals surface area contributed by atoms with Crippen molar-refractivity contribution in [3.8, 4) is 11.3 Å². The lowest BCUT2D eigenvalue weighted by atomic mass is 9.82. The maximum Gasteiger partial charge on any atom is 0.168 e. The van der Waals surface area contributed by atoms with Gasteiger partial charge in [-0.1, -0.05) is 32.9 Å². The van der Waals surface area contributed by atoms with Crippen molar-refractivity contribution < 1.29 is 4.79 Å². The van der Waals surface area contributed by atoms with Crippen LogP contribution in [0.25, 0.3) is 22.2 Å². The fourth-order valence-electron chi connectivity index (χ4n) is 2.64. The van der Waals surface area contributed by atoms with Crippen LogP contribution in [0.2, 0.25) is 0 Å². The van der Waals surface area contributed by atoms with E-state index in [1.165, 1.54) is 0 Å². The molecule has 0 spiro atoms. The second-order valence-corrected chi connectivity index (χ2v) is 6.67. The molecule has 0 saturated heterocycles. The van der Waals surface area contributed by atoms with Crippen LogP contribution in [0.15, 0.2) is 48.5 Å². The standard InChI is InChI=1S/C20H22N2O/c1-4-20(2,3)19(23)14-7-10-17-15(11-14)12-18(22-17)13-5-8-16(21)9-6-13/h5-12,22H,4,21H2,1-3H3. The van der Waals surface area contributed by atoms with Gasteiger partial charge in [-0.25, -0.2) is 0 Å². The van der Waals surface area contributed by atoms with Gasteiger partial charge in [0, 0.05) is 33.3 Å². The Balaban J connectivity index is 2.01. The summed E-state index contributed by atoms with van der Waals surface area (Å²) in [6, 6.07) is 15.7. The number of rotatable bonds is 4. The number of aromatic nitrogens is 1. The van der Waals surface area contributed by atoms with Gasteiger partial charge in [0.1, 0.15) is 0 Å². The highest BCUT2D eigenvalue weighted by Crippen LogP contribution is 2.29. The molecule has 0 bridgehead atoms. The number of Topliss-reactive ketones (excluding diaryl/α,β-unsaturated/α-hetero) is 1. The minimum Gasteiger partial charge on any atom is -0.399 e. The Labute approximate surface area is 136 Å². The number of anilines is 1. The van der Waals surface area contributed by atoms with Gasteiger partial charge in [0.05, 0.1) is 0 Å². The number of nitrogens with two attached hydrogens (primary N) is 1. The highest BCUT2D eigenvalue weighted by atomic mass is 16.1. The number of ketones is 1. The second kappa shape index (κ2) is 5.58. The summed E-state index contributed by atoms with van der Waals surface area (Å²) in [4.78, 5) is 16.0. The third kappa shape index (κ3) is 2.87. The van der Waals surface area contributed by atoms with E-state index >= 15 is 0 Å². The molecule has 2 aromatic carbocycles. The lowest BCUT2D eigenvalue weighted by Crippen LogP contribution is -2.23. The number of nitrogens with one attached hydrogen (secondary N) is 1. The number of carbonyl (C=O) groups is 1. The van der Waals surface area contributed by atoms with Crippen molar-refractivity contribution in [2.75, 3.05) is 5.73 Å². The summed E-state index contributed by atoms with van der Waals surface area (Å²) in [6.07, 6.45) is 0.827. The zero-order valence-electron chi connectivity index (χ0n) is 13.8. The van der Waals surface area contributed by atoms with Crippen LogP contribution >= 0.6 is 0 Å². The first-order valence-electron chi connectivity index (χ1n) is 7.94. The fourth-order valence-corrected chi connectivity index (χ4v) is 2.64. The molecule has 3 nitrogen and oxygen atoms in total. The Morgan fingerprint density at radius 2 is 1.78 bits per heavy atom. The van der Waals surface area contributed by atoms with Crippen LogP contribution in [0, 0.1) is 5.41 Å². The average molecular weight is 306 g/mol. The predicted octanol–water partition coefficient (Wildman–Crippen LogP) is 5.04. The average Bonchev–Trinajstić information content (AvgIpc) is 2.97. The lowest BCUT2D eigenvalue weighted by molar-refractivity contribution is 0.0833. The Hall–Kier alpha value is -2.55. The third-order valence-corrected chi connectivity index (χ3v) is 4.60. The van der Waals surface area contributed by atoms with Crippen LogP contribution in [-0.4, -0.2) is 10.8 Å². The van der Waals surface area contributed by atoms with Gasteiger partial charge >= 0.3 is 0 Å². The molecule has 1 aromatic heterocycles. The molecule has 0 atom stereocenters.